The summed E-state index contributed by atoms with van der Waals surface area (Å²) < 4.78 is 45.6. The Bertz CT molecular complexity index is 743. The Morgan fingerprint density at radius 3 is 2.88 bits per heavy atom. The Kier molecular flexibility index (Phi) is 4.27. The third-order valence-corrected chi connectivity index (χ3v) is 3.82. The van der Waals surface area contributed by atoms with Gasteiger partial charge in [-0.2, -0.15) is 18.3 Å². The first kappa shape index (κ1) is 16.4. The first-order chi connectivity index (χ1) is 11.4. The monoisotopic (exact) mass is 340 g/mol. The van der Waals surface area contributed by atoms with E-state index in [2.05, 4.69) is 10.1 Å². The molecule has 3 heterocycles. The number of hydrogen-bond donors (Lipinski definition) is 0. The smallest absolute Gasteiger partial charge is 0.376 e. The van der Waals surface area contributed by atoms with Crippen LogP contribution in [0.1, 0.15) is 17.0 Å². The van der Waals surface area contributed by atoms with Gasteiger partial charge in [-0.1, -0.05) is 6.07 Å². The van der Waals surface area contributed by atoms with E-state index in [0.29, 0.717) is 24.5 Å². The molecule has 0 saturated heterocycles. The number of carbonyl (C=O) groups excluding carboxylic acids is 1. The average molecular weight is 340 g/mol. The van der Waals surface area contributed by atoms with Crippen LogP contribution in [0.15, 0.2) is 24.4 Å². The molecule has 0 atom stereocenters. The van der Waals surface area contributed by atoms with Gasteiger partial charge in [0, 0.05) is 30.9 Å². The molecule has 3 rings (SSSR count). The highest BCUT2D eigenvalue weighted by Gasteiger charge is 2.40. The first-order valence-electron chi connectivity index (χ1n) is 7.29. The Morgan fingerprint density at radius 2 is 2.21 bits per heavy atom. The van der Waals surface area contributed by atoms with Crippen LogP contribution in [0, 0.1) is 0 Å². The number of rotatable bonds is 3. The van der Waals surface area contributed by atoms with Crippen LogP contribution < -0.4 is 4.90 Å². The highest BCUT2D eigenvalue weighted by atomic mass is 19.4. The molecule has 1 aliphatic rings. The lowest BCUT2D eigenvalue weighted by molar-refractivity contribution is -0.143. The maximum absolute atomic E-state index is 13.1. The molecule has 0 saturated carbocycles. The lowest BCUT2D eigenvalue weighted by atomic mass is 10.1. The number of likely N-dealkylation sites (N-methyl/N-ethyl adjacent to an activating group) is 1. The third-order valence-electron chi connectivity index (χ3n) is 3.82. The summed E-state index contributed by atoms with van der Waals surface area (Å²) in [6.07, 6.45) is -2.75. The molecule has 2 aromatic heterocycles. The number of nitrogens with zero attached hydrogens (tertiary/aromatic N) is 4. The van der Waals surface area contributed by atoms with Gasteiger partial charge < -0.3 is 4.74 Å². The summed E-state index contributed by atoms with van der Waals surface area (Å²) in [6, 6.07) is 5.08. The number of aromatic nitrogens is 3. The minimum atomic E-state index is -4.58. The van der Waals surface area contributed by atoms with Crippen LogP contribution in [0.2, 0.25) is 0 Å². The van der Waals surface area contributed by atoms with E-state index in [1.54, 1.807) is 18.2 Å². The predicted molar refractivity (Wildman–Crippen MR) is 78.2 cm³/mol. The number of halogens is 3. The highest BCUT2D eigenvalue weighted by Crippen LogP contribution is 2.34. The van der Waals surface area contributed by atoms with Gasteiger partial charge in [0.15, 0.2) is 5.69 Å². The van der Waals surface area contributed by atoms with Crippen LogP contribution in [0.5, 0.6) is 0 Å². The zero-order chi connectivity index (χ0) is 17.3. The molecule has 0 N–H and O–H groups in total. The molecule has 0 fully saturated rings. The highest BCUT2D eigenvalue weighted by molar-refractivity contribution is 5.91. The van der Waals surface area contributed by atoms with Gasteiger partial charge in [0.1, 0.15) is 12.4 Å². The van der Waals surface area contributed by atoms with Crippen molar-refractivity contribution in [1.82, 2.24) is 14.8 Å². The van der Waals surface area contributed by atoms with Crippen molar-refractivity contribution in [2.24, 2.45) is 0 Å². The van der Waals surface area contributed by atoms with Crippen molar-refractivity contribution in [3.63, 3.8) is 0 Å². The minimum absolute atomic E-state index is 0.0158. The molecule has 9 heteroatoms. The summed E-state index contributed by atoms with van der Waals surface area (Å²) in [5, 5.41) is 3.62. The van der Waals surface area contributed by atoms with Crippen molar-refractivity contribution in [1.29, 1.82) is 0 Å². The Labute approximate surface area is 135 Å². The Morgan fingerprint density at radius 1 is 1.42 bits per heavy atom. The number of fused-ring (bicyclic) bond motifs is 1. The number of carbonyl (C=O) groups is 1. The van der Waals surface area contributed by atoms with Gasteiger partial charge in [0.05, 0.1) is 13.2 Å². The summed E-state index contributed by atoms with van der Waals surface area (Å²) in [4.78, 5) is 17.7. The van der Waals surface area contributed by atoms with E-state index in [1.807, 2.05) is 0 Å². The van der Waals surface area contributed by atoms with Crippen molar-refractivity contribution in [2.45, 2.75) is 25.7 Å². The zero-order valence-electron chi connectivity index (χ0n) is 12.9. The molecule has 0 unspecified atom stereocenters. The molecular formula is C15H15F3N4O2. The summed E-state index contributed by atoms with van der Waals surface area (Å²) in [5.74, 6) is 0.0159. The fraction of sp³-hybridized carbons (Fsp3) is 0.400. The minimum Gasteiger partial charge on any atom is -0.376 e. The number of alkyl halides is 3. The van der Waals surface area contributed by atoms with E-state index in [-0.39, 0.29) is 18.7 Å². The Balaban J connectivity index is 1.87. The number of anilines is 1. The maximum atomic E-state index is 13.1. The van der Waals surface area contributed by atoms with Crippen molar-refractivity contribution in [3.8, 4) is 0 Å². The maximum Gasteiger partial charge on any atom is 0.435 e. The molecule has 2 aromatic rings. The number of ether oxygens (including phenoxy) is 1. The second-order valence-corrected chi connectivity index (χ2v) is 5.37. The molecule has 0 aromatic carbocycles. The second-order valence-electron chi connectivity index (χ2n) is 5.37. The van der Waals surface area contributed by atoms with Crippen molar-refractivity contribution in [3.05, 3.63) is 41.3 Å². The van der Waals surface area contributed by atoms with E-state index in [0.717, 1.165) is 4.68 Å². The zero-order valence-corrected chi connectivity index (χ0v) is 12.9. The van der Waals surface area contributed by atoms with Gasteiger partial charge in [-0.15, -0.1) is 0 Å². The molecule has 0 aliphatic carbocycles. The molecule has 0 bridgehead atoms. The van der Waals surface area contributed by atoms with Crippen molar-refractivity contribution >= 4 is 11.7 Å². The van der Waals surface area contributed by atoms with Crippen LogP contribution >= 0.6 is 0 Å². The molecular weight excluding hydrogens is 325 g/mol. The van der Waals surface area contributed by atoms with Gasteiger partial charge in [0.25, 0.3) is 0 Å². The Hall–Kier alpha value is -2.42. The molecule has 24 heavy (non-hydrogen) atoms. The third kappa shape index (κ3) is 3.12. The molecule has 128 valence electrons. The fourth-order valence-electron chi connectivity index (χ4n) is 2.58. The largest absolute Gasteiger partial charge is 0.435 e. The molecule has 1 amide bonds. The van der Waals surface area contributed by atoms with E-state index < -0.39 is 17.8 Å². The van der Waals surface area contributed by atoms with Gasteiger partial charge in [-0.25, -0.2) is 4.98 Å². The average Bonchev–Trinajstić information content (AvgIpc) is 2.94. The predicted octanol–water partition coefficient (Wildman–Crippen LogP) is 2.03. The fourth-order valence-corrected chi connectivity index (χ4v) is 2.58. The van der Waals surface area contributed by atoms with E-state index in [4.69, 9.17) is 4.74 Å². The number of pyridine rings is 1. The van der Waals surface area contributed by atoms with E-state index in [1.165, 1.54) is 18.1 Å². The van der Waals surface area contributed by atoms with E-state index in [9.17, 15) is 18.0 Å². The van der Waals surface area contributed by atoms with Crippen molar-refractivity contribution < 1.29 is 22.7 Å². The summed E-state index contributed by atoms with van der Waals surface area (Å²) in [5.41, 5.74) is -0.566. The SMILES string of the molecule is CN(C(=O)Cn1nc(C(F)(F)F)c2c1CCOC2)c1ccccn1. The molecule has 0 radical (unpaired) electrons. The summed E-state index contributed by atoms with van der Waals surface area (Å²) in [7, 11) is 1.52. The van der Waals surface area contributed by atoms with E-state index >= 15 is 0 Å². The van der Waals surface area contributed by atoms with Crippen LogP contribution in [0.25, 0.3) is 0 Å². The first-order valence-corrected chi connectivity index (χ1v) is 7.29. The summed E-state index contributed by atoms with van der Waals surface area (Å²) >= 11 is 0. The van der Waals surface area contributed by atoms with Gasteiger partial charge in [-0.05, 0) is 12.1 Å². The quantitative estimate of drug-likeness (QED) is 0.858. The number of amides is 1. The summed E-state index contributed by atoms with van der Waals surface area (Å²) in [6.45, 7) is -0.125. The topological polar surface area (TPSA) is 60.2 Å². The molecule has 0 spiro atoms. The second kappa shape index (κ2) is 6.23. The normalized spacial score (nSPS) is 14.3. The van der Waals surface area contributed by atoms with Crippen LogP contribution in [0.3, 0.4) is 0 Å². The van der Waals surface area contributed by atoms with Crippen LogP contribution in [0.4, 0.5) is 19.0 Å². The number of hydrogen-bond acceptors (Lipinski definition) is 4. The lowest BCUT2D eigenvalue weighted by Crippen LogP contribution is -2.32. The lowest BCUT2D eigenvalue weighted by Gasteiger charge is -2.18. The standard InChI is InChI=1S/C15H15F3N4O2/c1-21(12-4-2-3-6-19-12)13(23)8-22-11-5-7-24-9-10(11)14(20-22)15(16,17)18/h2-4,6H,5,7-9H2,1H3. The van der Waals surface area contributed by atoms with Gasteiger partial charge in [-0.3, -0.25) is 14.4 Å². The van der Waals surface area contributed by atoms with Crippen LogP contribution in [-0.4, -0.2) is 34.3 Å². The molecule has 6 nitrogen and oxygen atoms in total. The molecule has 1 aliphatic heterocycles. The van der Waals surface area contributed by atoms with Crippen molar-refractivity contribution in [2.75, 3.05) is 18.6 Å². The van der Waals surface area contributed by atoms with Gasteiger partial charge >= 0.3 is 6.18 Å². The van der Waals surface area contributed by atoms with Gasteiger partial charge in [0.2, 0.25) is 5.91 Å². The van der Waals surface area contributed by atoms with Crippen LogP contribution in [-0.2, 0) is 35.3 Å².